The largest absolute Gasteiger partial charge is 0.378 e. The van der Waals surface area contributed by atoms with Crippen molar-refractivity contribution in [3.05, 3.63) is 29.8 Å². The number of nitrogens with zero attached hydrogens (tertiary/aromatic N) is 4. The summed E-state index contributed by atoms with van der Waals surface area (Å²) < 4.78 is 3.74. The SMILES string of the molecule is CCn1cc(NCc2cn(C)nc2C)cn1. The summed E-state index contributed by atoms with van der Waals surface area (Å²) in [5.74, 6) is 0. The van der Waals surface area contributed by atoms with Gasteiger partial charge in [0.1, 0.15) is 0 Å². The number of hydrogen-bond acceptors (Lipinski definition) is 3. The van der Waals surface area contributed by atoms with Crippen molar-refractivity contribution in [3.8, 4) is 0 Å². The number of anilines is 1. The van der Waals surface area contributed by atoms with Gasteiger partial charge >= 0.3 is 0 Å². The Balaban J connectivity index is 1.99. The van der Waals surface area contributed by atoms with Crippen molar-refractivity contribution in [3.63, 3.8) is 0 Å². The van der Waals surface area contributed by atoms with E-state index < -0.39 is 0 Å². The highest BCUT2D eigenvalue weighted by atomic mass is 15.3. The molecule has 0 aromatic carbocycles. The van der Waals surface area contributed by atoms with Gasteiger partial charge in [0, 0.05) is 38.1 Å². The van der Waals surface area contributed by atoms with Gasteiger partial charge in [0.15, 0.2) is 0 Å². The van der Waals surface area contributed by atoms with Crippen molar-refractivity contribution in [2.24, 2.45) is 7.05 Å². The molecule has 0 unspecified atom stereocenters. The Labute approximate surface area is 95.1 Å². The zero-order valence-electron chi connectivity index (χ0n) is 9.94. The van der Waals surface area contributed by atoms with E-state index >= 15 is 0 Å². The lowest BCUT2D eigenvalue weighted by Crippen LogP contribution is -1.99. The van der Waals surface area contributed by atoms with Gasteiger partial charge in [-0.05, 0) is 13.8 Å². The Hall–Kier alpha value is -1.78. The van der Waals surface area contributed by atoms with Crippen LogP contribution in [0.3, 0.4) is 0 Å². The predicted octanol–water partition coefficient (Wildman–Crippen LogP) is 1.56. The molecule has 0 spiro atoms. The maximum absolute atomic E-state index is 4.30. The Morgan fingerprint density at radius 2 is 2.19 bits per heavy atom. The lowest BCUT2D eigenvalue weighted by atomic mass is 10.2. The van der Waals surface area contributed by atoms with E-state index in [0.717, 1.165) is 24.5 Å². The molecule has 86 valence electrons. The maximum Gasteiger partial charge on any atom is 0.0729 e. The molecular formula is C11H17N5. The molecule has 0 amide bonds. The summed E-state index contributed by atoms with van der Waals surface area (Å²) in [6.07, 6.45) is 5.88. The molecule has 1 N–H and O–H groups in total. The van der Waals surface area contributed by atoms with Crippen molar-refractivity contribution in [2.45, 2.75) is 26.9 Å². The van der Waals surface area contributed by atoms with Crippen LogP contribution >= 0.6 is 0 Å². The van der Waals surface area contributed by atoms with Gasteiger partial charge in [-0.2, -0.15) is 10.2 Å². The molecule has 0 fully saturated rings. The van der Waals surface area contributed by atoms with Gasteiger partial charge in [0.05, 0.1) is 17.6 Å². The second-order valence-corrected chi connectivity index (χ2v) is 3.85. The molecule has 0 aliphatic heterocycles. The molecule has 0 aliphatic carbocycles. The van der Waals surface area contributed by atoms with Gasteiger partial charge in [-0.25, -0.2) is 0 Å². The van der Waals surface area contributed by atoms with Gasteiger partial charge in [-0.3, -0.25) is 9.36 Å². The summed E-state index contributed by atoms with van der Waals surface area (Å²) in [7, 11) is 1.94. The van der Waals surface area contributed by atoms with Crippen LogP contribution in [0.15, 0.2) is 18.6 Å². The van der Waals surface area contributed by atoms with E-state index in [4.69, 9.17) is 0 Å². The standard InChI is InChI=1S/C11H17N5/c1-4-16-8-11(6-13-16)12-5-10-7-15(3)14-9(10)2/h6-8,12H,4-5H2,1-3H3. The number of nitrogens with one attached hydrogen (secondary N) is 1. The van der Waals surface area contributed by atoms with Crippen LogP contribution in [0.25, 0.3) is 0 Å². The fourth-order valence-corrected chi connectivity index (χ4v) is 1.65. The van der Waals surface area contributed by atoms with E-state index in [1.807, 2.05) is 41.9 Å². The first-order chi connectivity index (χ1) is 7.69. The zero-order chi connectivity index (χ0) is 11.5. The van der Waals surface area contributed by atoms with Crippen molar-refractivity contribution in [1.82, 2.24) is 19.6 Å². The topological polar surface area (TPSA) is 47.7 Å². The zero-order valence-corrected chi connectivity index (χ0v) is 9.94. The highest BCUT2D eigenvalue weighted by Gasteiger charge is 2.03. The first-order valence-electron chi connectivity index (χ1n) is 5.44. The molecule has 5 heteroatoms. The highest BCUT2D eigenvalue weighted by molar-refractivity contribution is 5.39. The minimum absolute atomic E-state index is 0.787. The molecule has 0 atom stereocenters. The molecular weight excluding hydrogens is 202 g/mol. The lowest BCUT2D eigenvalue weighted by molar-refractivity contribution is 0.660. The Kier molecular flexibility index (Phi) is 2.94. The number of aryl methyl sites for hydroxylation is 3. The summed E-state index contributed by atoms with van der Waals surface area (Å²) in [4.78, 5) is 0. The fourth-order valence-electron chi connectivity index (χ4n) is 1.65. The number of rotatable bonds is 4. The minimum Gasteiger partial charge on any atom is -0.378 e. The third kappa shape index (κ3) is 2.24. The van der Waals surface area contributed by atoms with Crippen LogP contribution in [-0.4, -0.2) is 19.6 Å². The second kappa shape index (κ2) is 4.38. The predicted molar refractivity (Wildman–Crippen MR) is 63.2 cm³/mol. The van der Waals surface area contributed by atoms with E-state index in [0.29, 0.717) is 0 Å². The van der Waals surface area contributed by atoms with Gasteiger partial charge in [0.25, 0.3) is 0 Å². The van der Waals surface area contributed by atoms with Crippen molar-refractivity contribution in [2.75, 3.05) is 5.32 Å². The summed E-state index contributed by atoms with van der Waals surface area (Å²) in [5, 5.41) is 11.8. The maximum atomic E-state index is 4.30. The van der Waals surface area contributed by atoms with E-state index in [2.05, 4.69) is 22.4 Å². The molecule has 0 saturated heterocycles. The minimum atomic E-state index is 0.787. The van der Waals surface area contributed by atoms with Crippen molar-refractivity contribution >= 4 is 5.69 Å². The van der Waals surface area contributed by atoms with Crippen LogP contribution in [0.5, 0.6) is 0 Å². The van der Waals surface area contributed by atoms with Crippen LogP contribution in [0.1, 0.15) is 18.2 Å². The fraction of sp³-hybridized carbons (Fsp3) is 0.455. The van der Waals surface area contributed by atoms with Gasteiger partial charge in [-0.15, -0.1) is 0 Å². The third-order valence-electron chi connectivity index (χ3n) is 2.56. The molecule has 5 nitrogen and oxygen atoms in total. The summed E-state index contributed by atoms with van der Waals surface area (Å²) in [6, 6.07) is 0. The molecule has 16 heavy (non-hydrogen) atoms. The Morgan fingerprint density at radius 3 is 2.75 bits per heavy atom. The Bertz CT molecular complexity index is 468. The van der Waals surface area contributed by atoms with E-state index in [1.54, 1.807) is 0 Å². The summed E-state index contributed by atoms with van der Waals surface area (Å²) in [5.41, 5.74) is 3.33. The molecule has 2 aromatic rings. The average molecular weight is 219 g/mol. The van der Waals surface area contributed by atoms with Crippen LogP contribution in [-0.2, 0) is 20.1 Å². The van der Waals surface area contributed by atoms with Crippen LogP contribution in [0.2, 0.25) is 0 Å². The third-order valence-corrected chi connectivity index (χ3v) is 2.56. The first-order valence-corrected chi connectivity index (χ1v) is 5.44. The molecule has 0 aliphatic rings. The van der Waals surface area contributed by atoms with Gasteiger partial charge in [0.2, 0.25) is 0 Å². The highest BCUT2D eigenvalue weighted by Crippen LogP contribution is 2.10. The number of hydrogen-bond donors (Lipinski definition) is 1. The second-order valence-electron chi connectivity index (χ2n) is 3.85. The summed E-state index contributed by atoms with van der Waals surface area (Å²) >= 11 is 0. The molecule has 2 heterocycles. The van der Waals surface area contributed by atoms with E-state index in [1.165, 1.54) is 5.56 Å². The number of aromatic nitrogens is 4. The van der Waals surface area contributed by atoms with Crippen LogP contribution < -0.4 is 5.32 Å². The van der Waals surface area contributed by atoms with Gasteiger partial charge in [-0.1, -0.05) is 0 Å². The molecule has 0 bridgehead atoms. The van der Waals surface area contributed by atoms with Gasteiger partial charge < -0.3 is 5.32 Å². The average Bonchev–Trinajstić information content (AvgIpc) is 2.82. The molecule has 2 rings (SSSR count). The molecule has 0 radical (unpaired) electrons. The van der Waals surface area contributed by atoms with E-state index in [-0.39, 0.29) is 0 Å². The molecule has 2 aromatic heterocycles. The monoisotopic (exact) mass is 219 g/mol. The lowest BCUT2D eigenvalue weighted by Gasteiger charge is -2.01. The van der Waals surface area contributed by atoms with Crippen molar-refractivity contribution < 1.29 is 0 Å². The normalized spacial score (nSPS) is 10.7. The Morgan fingerprint density at radius 1 is 1.38 bits per heavy atom. The first kappa shape index (κ1) is 10.7. The van der Waals surface area contributed by atoms with E-state index in [9.17, 15) is 0 Å². The van der Waals surface area contributed by atoms with Crippen LogP contribution in [0.4, 0.5) is 5.69 Å². The van der Waals surface area contributed by atoms with Crippen molar-refractivity contribution in [1.29, 1.82) is 0 Å². The smallest absolute Gasteiger partial charge is 0.0729 e. The summed E-state index contributed by atoms with van der Waals surface area (Å²) in [6.45, 7) is 5.78. The van der Waals surface area contributed by atoms with Crippen LogP contribution in [0, 0.1) is 6.92 Å². The molecule has 0 saturated carbocycles. The quantitative estimate of drug-likeness (QED) is 0.848.